The molecule has 0 unspecified atom stereocenters. The van der Waals surface area contributed by atoms with Gasteiger partial charge < -0.3 is 10.1 Å². The van der Waals surface area contributed by atoms with Gasteiger partial charge in [-0.3, -0.25) is 9.00 Å². The van der Waals surface area contributed by atoms with E-state index in [0.717, 1.165) is 0 Å². The first-order valence-corrected chi connectivity index (χ1v) is 8.99. The van der Waals surface area contributed by atoms with Crippen molar-refractivity contribution >= 4 is 22.7 Å². The largest absolute Gasteiger partial charge is 0.452 e. The first kappa shape index (κ1) is 18.8. The molecule has 2 aromatic carbocycles. The van der Waals surface area contributed by atoms with Crippen molar-refractivity contribution < 1.29 is 22.9 Å². The van der Waals surface area contributed by atoms with Gasteiger partial charge in [0.2, 0.25) is 0 Å². The van der Waals surface area contributed by atoms with Crippen molar-refractivity contribution in [3.63, 3.8) is 0 Å². The Morgan fingerprint density at radius 3 is 2.52 bits per heavy atom. The maximum atomic E-state index is 13.5. The third-order valence-electron chi connectivity index (χ3n) is 3.38. The highest BCUT2D eigenvalue weighted by atomic mass is 32.2. The lowest BCUT2D eigenvalue weighted by molar-refractivity contribution is -0.124. The van der Waals surface area contributed by atoms with E-state index in [1.54, 1.807) is 43.3 Å². The van der Waals surface area contributed by atoms with Crippen LogP contribution in [0.5, 0.6) is 0 Å². The zero-order valence-corrected chi connectivity index (χ0v) is 14.5. The maximum Gasteiger partial charge on any atom is 0.339 e. The molecule has 0 fully saturated rings. The summed E-state index contributed by atoms with van der Waals surface area (Å²) in [7, 11) is -1.31. The molecule has 0 aromatic heterocycles. The Balaban J connectivity index is 1.91. The monoisotopic (exact) mass is 363 g/mol. The number of amides is 1. The van der Waals surface area contributed by atoms with E-state index in [1.165, 1.54) is 12.1 Å². The van der Waals surface area contributed by atoms with Gasteiger partial charge in [-0.25, -0.2) is 9.18 Å². The maximum absolute atomic E-state index is 13.5. The number of hydrogen-bond acceptors (Lipinski definition) is 4. The van der Waals surface area contributed by atoms with Gasteiger partial charge in [0.15, 0.2) is 6.61 Å². The standard InChI is InChI=1S/C18H18FNO4S/c1-2-25(23)16-10-6-4-8-14(16)18(22)24-12-17(21)20-11-13-7-3-5-9-15(13)19/h3-10H,2,11-12H2,1H3,(H,20,21)/t25-/m1/s1. The first-order valence-electron chi connectivity index (χ1n) is 7.67. The second kappa shape index (κ2) is 9.08. The number of benzene rings is 2. The zero-order chi connectivity index (χ0) is 18.2. The summed E-state index contributed by atoms with van der Waals surface area (Å²) in [5.74, 6) is -1.33. The molecule has 0 saturated carbocycles. The van der Waals surface area contributed by atoms with Gasteiger partial charge in [0.25, 0.3) is 5.91 Å². The van der Waals surface area contributed by atoms with E-state index in [-0.39, 0.29) is 12.1 Å². The van der Waals surface area contributed by atoms with E-state index in [9.17, 15) is 18.2 Å². The average Bonchev–Trinajstić information content (AvgIpc) is 2.64. The summed E-state index contributed by atoms with van der Waals surface area (Å²) in [4.78, 5) is 24.3. The molecule has 2 rings (SSSR count). The van der Waals surface area contributed by atoms with Gasteiger partial charge >= 0.3 is 5.97 Å². The molecule has 1 atom stereocenters. The molecule has 25 heavy (non-hydrogen) atoms. The Morgan fingerprint density at radius 2 is 1.80 bits per heavy atom. The van der Waals surface area contributed by atoms with E-state index in [2.05, 4.69) is 5.32 Å². The molecule has 0 aliphatic heterocycles. The molecule has 2 aromatic rings. The Bertz CT molecular complexity index is 794. The molecule has 0 aliphatic carbocycles. The molecular weight excluding hydrogens is 345 g/mol. The third-order valence-corrected chi connectivity index (χ3v) is 4.75. The van der Waals surface area contributed by atoms with Crippen LogP contribution in [0.4, 0.5) is 4.39 Å². The lowest BCUT2D eigenvalue weighted by Crippen LogP contribution is -2.28. The number of hydrogen-bond donors (Lipinski definition) is 1. The normalized spacial score (nSPS) is 11.6. The minimum atomic E-state index is -1.31. The summed E-state index contributed by atoms with van der Waals surface area (Å²) in [5.41, 5.74) is 0.510. The van der Waals surface area contributed by atoms with Crippen molar-refractivity contribution in [1.82, 2.24) is 5.32 Å². The summed E-state index contributed by atoms with van der Waals surface area (Å²) in [6, 6.07) is 12.5. The van der Waals surface area contributed by atoms with Crippen LogP contribution in [0.2, 0.25) is 0 Å². The summed E-state index contributed by atoms with van der Waals surface area (Å²) in [6.45, 7) is 1.24. The van der Waals surface area contributed by atoms with Crippen LogP contribution in [0, 0.1) is 5.82 Å². The lowest BCUT2D eigenvalue weighted by atomic mass is 10.2. The van der Waals surface area contributed by atoms with Crippen LogP contribution >= 0.6 is 0 Å². The van der Waals surface area contributed by atoms with Crippen molar-refractivity contribution in [2.75, 3.05) is 12.4 Å². The number of esters is 1. The molecule has 1 amide bonds. The summed E-state index contributed by atoms with van der Waals surface area (Å²) in [6.07, 6.45) is 0. The van der Waals surface area contributed by atoms with Gasteiger partial charge in [0.05, 0.1) is 21.3 Å². The van der Waals surface area contributed by atoms with Crippen molar-refractivity contribution in [1.29, 1.82) is 0 Å². The number of ether oxygens (including phenoxy) is 1. The molecule has 0 bridgehead atoms. The topological polar surface area (TPSA) is 72.5 Å². The van der Waals surface area contributed by atoms with E-state index in [0.29, 0.717) is 16.2 Å². The number of carbonyl (C=O) groups is 2. The van der Waals surface area contributed by atoms with Crippen LogP contribution in [0.3, 0.4) is 0 Å². The number of carbonyl (C=O) groups excluding carboxylic acids is 2. The number of rotatable bonds is 7. The van der Waals surface area contributed by atoms with Gasteiger partial charge in [0.1, 0.15) is 5.82 Å². The zero-order valence-electron chi connectivity index (χ0n) is 13.7. The highest BCUT2D eigenvalue weighted by Gasteiger charge is 2.17. The molecule has 0 spiro atoms. The van der Waals surface area contributed by atoms with Crippen molar-refractivity contribution in [2.45, 2.75) is 18.4 Å². The molecule has 0 radical (unpaired) electrons. The van der Waals surface area contributed by atoms with Crippen LogP contribution in [0.25, 0.3) is 0 Å². The molecule has 7 heteroatoms. The minimum absolute atomic E-state index is 0.000500. The highest BCUT2D eigenvalue weighted by molar-refractivity contribution is 7.85. The van der Waals surface area contributed by atoms with E-state index in [1.807, 2.05) is 0 Å². The van der Waals surface area contributed by atoms with Crippen LogP contribution < -0.4 is 5.32 Å². The first-order chi connectivity index (χ1) is 12.0. The third kappa shape index (κ3) is 5.22. The van der Waals surface area contributed by atoms with Gasteiger partial charge in [-0.15, -0.1) is 0 Å². The Morgan fingerprint density at radius 1 is 1.12 bits per heavy atom. The van der Waals surface area contributed by atoms with E-state index < -0.39 is 35.1 Å². The lowest BCUT2D eigenvalue weighted by Gasteiger charge is -2.09. The molecule has 1 N–H and O–H groups in total. The second-order valence-corrected chi connectivity index (χ2v) is 6.78. The molecule has 132 valence electrons. The summed E-state index contributed by atoms with van der Waals surface area (Å²) >= 11 is 0. The van der Waals surface area contributed by atoms with Gasteiger partial charge in [-0.2, -0.15) is 0 Å². The quantitative estimate of drug-likeness (QED) is 0.767. The Labute approximate surface area is 147 Å². The van der Waals surface area contributed by atoms with Crippen LogP contribution in [-0.2, 0) is 26.9 Å². The average molecular weight is 363 g/mol. The van der Waals surface area contributed by atoms with Gasteiger partial charge in [-0.05, 0) is 18.2 Å². The van der Waals surface area contributed by atoms with Crippen LogP contribution in [0.1, 0.15) is 22.8 Å². The SMILES string of the molecule is CC[S@@](=O)c1ccccc1C(=O)OCC(=O)NCc1ccccc1F. The molecule has 0 heterocycles. The van der Waals surface area contributed by atoms with Crippen molar-refractivity contribution in [3.8, 4) is 0 Å². The predicted molar refractivity (Wildman–Crippen MR) is 91.9 cm³/mol. The van der Waals surface area contributed by atoms with Crippen molar-refractivity contribution in [3.05, 3.63) is 65.5 Å². The fourth-order valence-electron chi connectivity index (χ4n) is 2.08. The van der Waals surface area contributed by atoms with E-state index >= 15 is 0 Å². The van der Waals surface area contributed by atoms with Gasteiger partial charge in [0, 0.05) is 17.9 Å². The molecule has 0 aliphatic rings. The van der Waals surface area contributed by atoms with Crippen LogP contribution in [-0.4, -0.2) is 28.4 Å². The summed E-state index contributed by atoms with van der Waals surface area (Å²) < 4.78 is 30.4. The Kier molecular flexibility index (Phi) is 6.82. The van der Waals surface area contributed by atoms with Crippen molar-refractivity contribution in [2.24, 2.45) is 0 Å². The number of nitrogens with one attached hydrogen (secondary N) is 1. The summed E-state index contributed by atoms with van der Waals surface area (Å²) in [5, 5.41) is 2.48. The number of halogens is 1. The Hall–Kier alpha value is -2.54. The van der Waals surface area contributed by atoms with E-state index in [4.69, 9.17) is 4.74 Å². The van der Waals surface area contributed by atoms with Gasteiger partial charge in [-0.1, -0.05) is 37.3 Å². The molecule has 5 nitrogen and oxygen atoms in total. The fraction of sp³-hybridized carbons (Fsp3) is 0.222. The second-order valence-electron chi connectivity index (χ2n) is 5.07. The molecular formula is C18H18FNO4S. The smallest absolute Gasteiger partial charge is 0.339 e. The van der Waals surface area contributed by atoms with Crippen LogP contribution in [0.15, 0.2) is 53.4 Å². The molecule has 0 saturated heterocycles. The fourth-order valence-corrected chi connectivity index (χ4v) is 3.02. The minimum Gasteiger partial charge on any atom is -0.452 e. The highest BCUT2D eigenvalue weighted by Crippen LogP contribution is 2.15. The predicted octanol–water partition coefficient (Wildman–Crippen LogP) is 2.43.